The minimum atomic E-state index is -0.702. The minimum absolute atomic E-state index is 0.100. The molecule has 0 heterocycles. The lowest BCUT2D eigenvalue weighted by atomic mass is 9.82. The van der Waals surface area contributed by atoms with Crippen molar-refractivity contribution in [2.45, 2.75) is 13.8 Å². The van der Waals surface area contributed by atoms with Crippen molar-refractivity contribution in [2.75, 3.05) is 17.2 Å². The van der Waals surface area contributed by atoms with Gasteiger partial charge in [0.2, 0.25) is 0 Å². The Kier molecular flexibility index (Phi) is 6.04. The van der Waals surface area contributed by atoms with Crippen LogP contribution in [0, 0.1) is 5.92 Å². The Morgan fingerprint density at radius 1 is 0.758 bits per heavy atom. The van der Waals surface area contributed by atoms with Gasteiger partial charge < -0.3 is 10.1 Å². The molecule has 3 aromatic carbocycles. The fourth-order valence-electron chi connectivity index (χ4n) is 3.62. The first-order valence-corrected chi connectivity index (χ1v) is 10.5. The molecule has 33 heavy (non-hydrogen) atoms. The molecular weight excluding hydrogens is 420 g/mol. The Bertz CT molecular complexity index is 1260. The Morgan fingerprint density at radius 2 is 1.30 bits per heavy atom. The van der Waals surface area contributed by atoms with Gasteiger partial charge in [-0.1, -0.05) is 56.3 Å². The number of amides is 2. The van der Waals surface area contributed by atoms with E-state index in [2.05, 4.69) is 10.6 Å². The van der Waals surface area contributed by atoms with Crippen molar-refractivity contribution in [3.63, 3.8) is 0 Å². The minimum Gasteiger partial charge on any atom is -0.449 e. The van der Waals surface area contributed by atoms with Crippen LogP contribution < -0.4 is 10.6 Å². The second-order valence-electron chi connectivity index (χ2n) is 8.05. The third kappa shape index (κ3) is 4.39. The zero-order valence-corrected chi connectivity index (χ0v) is 18.2. The quantitative estimate of drug-likeness (QED) is 0.457. The number of fused-ring (bicyclic) bond motifs is 2. The lowest BCUT2D eigenvalue weighted by molar-refractivity contribution is 0.0979. The second kappa shape index (κ2) is 9.08. The summed E-state index contributed by atoms with van der Waals surface area (Å²) in [6.45, 7) is 4.04. The molecule has 2 amide bonds. The molecule has 0 saturated carbocycles. The molecule has 0 aromatic heterocycles. The summed E-state index contributed by atoms with van der Waals surface area (Å²) in [4.78, 5) is 51.6. The molecule has 2 N–H and O–H groups in total. The summed E-state index contributed by atoms with van der Waals surface area (Å²) in [6, 6.07) is 18.0. The van der Waals surface area contributed by atoms with Gasteiger partial charge in [-0.05, 0) is 30.2 Å². The predicted octanol–water partition coefficient (Wildman–Crippen LogP) is 4.92. The fourth-order valence-corrected chi connectivity index (χ4v) is 3.62. The van der Waals surface area contributed by atoms with E-state index in [-0.39, 0.29) is 46.2 Å². The molecule has 0 saturated heterocycles. The van der Waals surface area contributed by atoms with Crippen LogP contribution in [-0.4, -0.2) is 30.2 Å². The maximum atomic E-state index is 13.4. The molecule has 3 aromatic rings. The molecule has 0 bridgehead atoms. The van der Waals surface area contributed by atoms with Gasteiger partial charge in [-0.25, -0.2) is 4.79 Å². The van der Waals surface area contributed by atoms with Crippen LogP contribution >= 0.6 is 0 Å². The van der Waals surface area contributed by atoms with Gasteiger partial charge in [0.1, 0.15) is 0 Å². The summed E-state index contributed by atoms with van der Waals surface area (Å²) in [6.07, 6.45) is -0.702. The van der Waals surface area contributed by atoms with E-state index in [1.807, 2.05) is 13.8 Å². The zero-order valence-electron chi connectivity index (χ0n) is 18.2. The van der Waals surface area contributed by atoms with E-state index in [0.29, 0.717) is 5.56 Å². The Labute approximate surface area is 190 Å². The number of anilines is 2. The van der Waals surface area contributed by atoms with Gasteiger partial charge in [-0.3, -0.25) is 19.7 Å². The van der Waals surface area contributed by atoms with Crippen molar-refractivity contribution in [3.8, 4) is 0 Å². The average Bonchev–Trinajstić information content (AvgIpc) is 2.81. The molecule has 7 nitrogen and oxygen atoms in total. The van der Waals surface area contributed by atoms with E-state index in [9.17, 15) is 19.2 Å². The van der Waals surface area contributed by atoms with Gasteiger partial charge in [0, 0.05) is 16.7 Å². The van der Waals surface area contributed by atoms with E-state index in [1.165, 1.54) is 12.1 Å². The number of nitrogens with one attached hydrogen (secondary N) is 2. The molecule has 7 heteroatoms. The van der Waals surface area contributed by atoms with Crippen LogP contribution in [-0.2, 0) is 4.74 Å². The van der Waals surface area contributed by atoms with Crippen molar-refractivity contribution in [2.24, 2.45) is 5.92 Å². The highest BCUT2D eigenvalue weighted by atomic mass is 16.5. The molecule has 0 fully saturated rings. The van der Waals surface area contributed by atoms with E-state index in [1.54, 1.807) is 54.6 Å². The molecular formula is C26H22N2O5. The Morgan fingerprint density at radius 3 is 1.85 bits per heavy atom. The first kappa shape index (κ1) is 22.0. The summed E-state index contributed by atoms with van der Waals surface area (Å²) < 4.78 is 5.14. The van der Waals surface area contributed by atoms with Crippen molar-refractivity contribution < 1.29 is 23.9 Å². The number of ketones is 2. The van der Waals surface area contributed by atoms with Gasteiger partial charge in [0.15, 0.2) is 11.6 Å². The number of carbonyl (C=O) groups is 4. The van der Waals surface area contributed by atoms with Crippen LogP contribution in [0.4, 0.5) is 16.2 Å². The van der Waals surface area contributed by atoms with Crippen molar-refractivity contribution >= 4 is 34.9 Å². The van der Waals surface area contributed by atoms with Gasteiger partial charge in [-0.2, -0.15) is 0 Å². The highest BCUT2D eigenvalue weighted by molar-refractivity contribution is 6.32. The molecule has 0 spiro atoms. The van der Waals surface area contributed by atoms with Crippen LogP contribution in [0.5, 0.6) is 0 Å². The first-order chi connectivity index (χ1) is 15.9. The van der Waals surface area contributed by atoms with Crippen molar-refractivity contribution in [3.05, 3.63) is 94.5 Å². The molecule has 0 atom stereocenters. The third-order valence-corrected chi connectivity index (χ3v) is 5.14. The SMILES string of the molecule is CC(C)COC(=O)Nc1cccc2c1C(=O)c1cccc(NC(=O)c3ccccc3)c1C2=O. The monoisotopic (exact) mass is 442 g/mol. The summed E-state index contributed by atoms with van der Waals surface area (Å²) in [7, 11) is 0. The van der Waals surface area contributed by atoms with Gasteiger partial charge in [-0.15, -0.1) is 0 Å². The van der Waals surface area contributed by atoms with Crippen molar-refractivity contribution in [1.82, 2.24) is 0 Å². The van der Waals surface area contributed by atoms with Gasteiger partial charge in [0.25, 0.3) is 5.91 Å². The number of rotatable bonds is 5. The predicted molar refractivity (Wildman–Crippen MR) is 124 cm³/mol. The van der Waals surface area contributed by atoms with E-state index in [0.717, 1.165) is 0 Å². The molecule has 0 unspecified atom stereocenters. The molecule has 0 radical (unpaired) electrons. The molecule has 0 aliphatic heterocycles. The third-order valence-electron chi connectivity index (χ3n) is 5.14. The number of benzene rings is 3. The van der Waals surface area contributed by atoms with E-state index in [4.69, 9.17) is 4.74 Å². The summed E-state index contributed by atoms with van der Waals surface area (Å²) >= 11 is 0. The summed E-state index contributed by atoms with van der Waals surface area (Å²) in [5.41, 5.74) is 1.40. The second-order valence-corrected chi connectivity index (χ2v) is 8.05. The van der Waals surface area contributed by atoms with Gasteiger partial charge in [0.05, 0.1) is 29.1 Å². The van der Waals surface area contributed by atoms with E-state index >= 15 is 0 Å². The summed E-state index contributed by atoms with van der Waals surface area (Å²) in [5.74, 6) is -1.07. The smallest absolute Gasteiger partial charge is 0.411 e. The molecule has 1 aliphatic carbocycles. The number of hydrogen-bond acceptors (Lipinski definition) is 5. The number of ether oxygens (including phenoxy) is 1. The topological polar surface area (TPSA) is 102 Å². The molecule has 1 aliphatic rings. The Hall–Kier alpha value is -4.26. The molecule has 4 rings (SSSR count). The largest absolute Gasteiger partial charge is 0.449 e. The highest BCUT2D eigenvalue weighted by Crippen LogP contribution is 2.35. The van der Waals surface area contributed by atoms with Crippen LogP contribution in [0.15, 0.2) is 66.7 Å². The Balaban J connectivity index is 1.68. The van der Waals surface area contributed by atoms with Crippen LogP contribution in [0.25, 0.3) is 0 Å². The standard InChI is InChI=1S/C26H22N2O5/c1-15(2)14-33-26(32)28-20-13-7-11-18-22(20)24(30)17-10-6-12-19(21(17)23(18)29)27-25(31)16-8-4-3-5-9-16/h3-13,15H,14H2,1-2H3,(H,27,31)(H,28,32). The summed E-state index contributed by atoms with van der Waals surface area (Å²) in [5, 5.41) is 5.31. The van der Waals surface area contributed by atoms with E-state index < -0.39 is 23.6 Å². The van der Waals surface area contributed by atoms with Crippen LogP contribution in [0.2, 0.25) is 0 Å². The lowest BCUT2D eigenvalue weighted by Crippen LogP contribution is -2.26. The maximum Gasteiger partial charge on any atom is 0.411 e. The van der Waals surface area contributed by atoms with Crippen molar-refractivity contribution in [1.29, 1.82) is 0 Å². The number of hydrogen-bond donors (Lipinski definition) is 2. The van der Waals surface area contributed by atoms with Crippen LogP contribution in [0.1, 0.15) is 56.0 Å². The normalized spacial score (nSPS) is 12.1. The molecule has 166 valence electrons. The average molecular weight is 442 g/mol. The van der Waals surface area contributed by atoms with Crippen LogP contribution in [0.3, 0.4) is 0 Å². The number of carbonyl (C=O) groups excluding carboxylic acids is 4. The zero-order chi connectivity index (χ0) is 23.5. The highest BCUT2D eigenvalue weighted by Gasteiger charge is 2.34. The maximum absolute atomic E-state index is 13.4. The van der Waals surface area contributed by atoms with Gasteiger partial charge >= 0.3 is 6.09 Å². The first-order valence-electron chi connectivity index (χ1n) is 10.5. The lowest BCUT2D eigenvalue weighted by Gasteiger charge is -2.22. The fraction of sp³-hybridized carbons (Fsp3) is 0.154.